The number of phenols is 1. The number of nitrogens with zero attached hydrogens (tertiary/aromatic N) is 3. The van der Waals surface area contributed by atoms with Crippen LogP contribution in [0.1, 0.15) is 12.8 Å². The van der Waals surface area contributed by atoms with E-state index in [9.17, 15) is 9.50 Å². The number of fused-ring (bicyclic) bond motifs is 1. The maximum Gasteiger partial charge on any atom is 0.156 e. The summed E-state index contributed by atoms with van der Waals surface area (Å²) in [6.07, 6.45) is 2.24. The summed E-state index contributed by atoms with van der Waals surface area (Å²) in [4.78, 5) is 2.30. The van der Waals surface area contributed by atoms with Gasteiger partial charge in [-0.05, 0) is 44.6 Å². The van der Waals surface area contributed by atoms with Crippen molar-refractivity contribution in [1.82, 2.24) is 15.1 Å². The van der Waals surface area contributed by atoms with Crippen molar-refractivity contribution in [2.45, 2.75) is 18.9 Å². The minimum Gasteiger partial charge on any atom is -0.507 e. The second-order valence-corrected chi connectivity index (χ2v) is 6.85. The number of phenolic OH excluding ortho intramolecular Hbond substituents is 1. The molecule has 0 unspecified atom stereocenters. The lowest BCUT2D eigenvalue weighted by Gasteiger charge is -2.30. The monoisotopic (exact) mass is 352 g/mol. The molecule has 0 amide bonds. The standard InChI is InChI=1S/C20H21FN4O/c1-25-10-4-5-14(12-25)22-20-16-7-3-2-6-15(16)19(23-24-20)17-11-13(21)8-9-18(17)26/h2-3,6-9,11,14,26H,4-5,10,12H2,1H3,(H,22,24)/t14-/m1/s1. The molecule has 4 rings (SSSR count). The number of aromatic hydroxyl groups is 1. The number of likely N-dealkylation sites (N-methyl/N-ethyl adjacent to an activating group) is 1. The molecule has 1 aromatic heterocycles. The van der Waals surface area contributed by atoms with E-state index in [2.05, 4.69) is 27.5 Å². The van der Waals surface area contributed by atoms with Gasteiger partial charge in [0.05, 0.1) is 0 Å². The van der Waals surface area contributed by atoms with Gasteiger partial charge in [-0.15, -0.1) is 10.2 Å². The van der Waals surface area contributed by atoms with Crippen LogP contribution in [0, 0.1) is 5.82 Å². The molecule has 1 fully saturated rings. The molecule has 1 aliphatic heterocycles. The van der Waals surface area contributed by atoms with E-state index in [4.69, 9.17) is 0 Å². The summed E-state index contributed by atoms with van der Waals surface area (Å²) in [7, 11) is 2.12. The number of likely N-dealkylation sites (tertiary alicyclic amines) is 1. The van der Waals surface area contributed by atoms with Gasteiger partial charge in [0.2, 0.25) is 0 Å². The fourth-order valence-electron chi connectivity index (χ4n) is 3.58. The number of rotatable bonds is 3. The first-order valence-corrected chi connectivity index (χ1v) is 8.81. The average Bonchev–Trinajstić information content (AvgIpc) is 2.64. The zero-order valence-electron chi connectivity index (χ0n) is 14.6. The minimum absolute atomic E-state index is 0.0135. The number of piperidine rings is 1. The highest BCUT2D eigenvalue weighted by atomic mass is 19.1. The van der Waals surface area contributed by atoms with Crippen molar-refractivity contribution < 1.29 is 9.50 Å². The van der Waals surface area contributed by atoms with Crippen LogP contribution >= 0.6 is 0 Å². The first-order valence-electron chi connectivity index (χ1n) is 8.81. The van der Waals surface area contributed by atoms with Gasteiger partial charge in [0.25, 0.3) is 0 Å². The van der Waals surface area contributed by atoms with Crippen molar-refractivity contribution in [3.63, 3.8) is 0 Å². The van der Waals surface area contributed by atoms with E-state index >= 15 is 0 Å². The fourth-order valence-corrected chi connectivity index (χ4v) is 3.58. The number of nitrogens with one attached hydrogen (secondary N) is 1. The van der Waals surface area contributed by atoms with Crippen molar-refractivity contribution in [2.75, 3.05) is 25.5 Å². The Morgan fingerprint density at radius 2 is 1.96 bits per heavy atom. The molecule has 1 saturated heterocycles. The smallest absolute Gasteiger partial charge is 0.156 e. The Morgan fingerprint density at radius 3 is 2.77 bits per heavy atom. The fraction of sp³-hybridized carbons (Fsp3) is 0.300. The molecule has 0 saturated carbocycles. The van der Waals surface area contributed by atoms with E-state index in [1.165, 1.54) is 18.2 Å². The first kappa shape index (κ1) is 16.7. The zero-order valence-corrected chi connectivity index (χ0v) is 14.6. The van der Waals surface area contributed by atoms with Crippen LogP contribution in [0.2, 0.25) is 0 Å². The van der Waals surface area contributed by atoms with Gasteiger partial charge in [-0.3, -0.25) is 0 Å². The van der Waals surface area contributed by atoms with Crippen molar-refractivity contribution in [3.8, 4) is 17.0 Å². The van der Waals surface area contributed by atoms with Gasteiger partial charge in [0, 0.05) is 28.9 Å². The number of anilines is 1. The molecule has 3 aromatic rings. The summed E-state index contributed by atoms with van der Waals surface area (Å²) in [6.45, 7) is 2.07. The van der Waals surface area contributed by atoms with E-state index in [0.29, 0.717) is 17.3 Å². The maximum absolute atomic E-state index is 13.7. The number of halogens is 1. The number of hydrogen-bond acceptors (Lipinski definition) is 5. The molecule has 0 bridgehead atoms. The van der Waals surface area contributed by atoms with Gasteiger partial charge in [0.15, 0.2) is 5.82 Å². The predicted octanol–water partition coefficient (Wildman–Crippen LogP) is 3.65. The van der Waals surface area contributed by atoms with Crippen LogP contribution in [0.15, 0.2) is 42.5 Å². The van der Waals surface area contributed by atoms with Crippen LogP contribution in [-0.4, -0.2) is 46.4 Å². The Morgan fingerprint density at radius 1 is 1.15 bits per heavy atom. The second-order valence-electron chi connectivity index (χ2n) is 6.85. The van der Waals surface area contributed by atoms with Gasteiger partial charge < -0.3 is 15.3 Å². The summed E-state index contributed by atoms with van der Waals surface area (Å²) >= 11 is 0. The molecule has 5 nitrogen and oxygen atoms in total. The van der Waals surface area contributed by atoms with E-state index in [1.807, 2.05) is 24.3 Å². The third-order valence-corrected chi connectivity index (χ3v) is 4.87. The summed E-state index contributed by atoms with van der Waals surface area (Å²) in [6, 6.07) is 11.9. The van der Waals surface area contributed by atoms with E-state index in [1.54, 1.807) is 0 Å². The SMILES string of the molecule is CN1CCC[C@@H](Nc2nnc(-c3cc(F)ccc3O)c3ccccc23)C1. The Hall–Kier alpha value is -2.73. The van der Waals surface area contributed by atoms with Crippen molar-refractivity contribution in [1.29, 1.82) is 0 Å². The van der Waals surface area contributed by atoms with Gasteiger partial charge in [-0.1, -0.05) is 24.3 Å². The van der Waals surface area contributed by atoms with Crippen molar-refractivity contribution >= 4 is 16.6 Å². The molecule has 2 N–H and O–H groups in total. The van der Waals surface area contributed by atoms with Crippen molar-refractivity contribution in [3.05, 3.63) is 48.3 Å². The molecule has 6 heteroatoms. The molecular formula is C20H21FN4O. The molecule has 134 valence electrons. The Kier molecular flexibility index (Phi) is 4.42. The molecule has 1 aliphatic rings. The molecule has 0 aliphatic carbocycles. The van der Waals surface area contributed by atoms with Gasteiger partial charge >= 0.3 is 0 Å². The number of benzene rings is 2. The Labute approximate surface area is 151 Å². The molecule has 0 radical (unpaired) electrons. The number of aromatic nitrogens is 2. The van der Waals surface area contributed by atoms with E-state index in [-0.39, 0.29) is 5.75 Å². The molecule has 26 heavy (non-hydrogen) atoms. The third kappa shape index (κ3) is 3.20. The molecule has 2 heterocycles. The van der Waals surface area contributed by atoms with Gasteiger partial charge in [0.1, 0.15) is 17.3 Å². The highest BCUT2D eigenvalue weighted by molar-refractivity contribution is 6.00. The highest BCUT2D eigenvalue weighted by Crippen LogP contribution is 2.35. The molecule has 1 atom stereocenters. The van der Waals surface area contributed by atoms with Crippen LogP contribution in [0.25, 0.3) is 22.0 Å². The topological polar surface area (TPSA) is 61.3 Å². The molecular weight excluding hydrogens is 331 g/mol. The van der Waals surface area contributed by atoms with Crippen molar-refractivity contribution in [2.24, 2.45) is 0 Å². The van der Waals surface area contributed by atoms with Crippen LogP contribution in [0.5, 0.6) is 5.75 Å². The summed E-state index contributed by atoms with van der Waals surface area (Å²) < 4.78 is 13.7. The lowest BCUT2D eigenvalue weighted by molar-refractivity contribution is 0.261. The quantitative estimate of drug-likeness (QED) is 0.753. The molecule has 2 aromatic carbocycles. The maximum atomic E-state index is 13.7. The average molecular weight is 352 g/mol. The first-order chi connectivity index (χ1) is 12.6. The van der Waals surface area contributed by atoms with E-state index in [0.717, 1.165) is 42.5 Å². The predicted molar refractivity (Wildman–Crippen MR) is 101 cm³/mol. The Bertz CT molecular complexity index is 946. The lowest BCUT2D eigenvalue weighted by atomic mass is 10.0. The van der Waals surface area contributed by atoms with Crippen LogP contribution in [0.4, 0.5) is 10.2 Å². The van der Waals surface area contributed by atoms with Gasteiger partial charge in [-0.2, -0.15) is 0 Å². The van der Waals surface area contributed by atoms with E-state index < -0.39 is 5.82 Å². The normalized spacial score (nSPS) is 18.2. The van der Waals surface area contributed by atoms with Crippen LogP contribution in [-0.2, 0) is 0 Å². The van der Waals surface area contributed by atoms with Gasteiger partial charge in [-0.25, -0.2) is 4.39 Å². The highest BCUT2D eigenvalue weighted by Gasteiger charge is 2.20. The number of hydrogen-bond donors (Lipinski definition) is 2. The summed E-state index contributed by atoms with van der Waals surface area (Å²) in [5, 5.41) is 24.1. The van der Waals surface area contributed by atoms with Crippen LogP contribution < -0.4 is 5.32 Å². The van der Waals surface area contributed by atoms with Crippen LogP contribution in [0.3, 0.4) is 0 Å². The summed E-state index contributed by atoms with van der Waals surface area (Å²) in [5.41, 5.74) is 0.821. The minimum atomic E-state index is -0.420. The summed E-state index contributed by atoms with van der Waals surface area (Å²) in [5.74, 6) is 0.289. The third-order valence-electron chi connectivity index (χ3n) is 4.87. The second kappa shape index (κ2) is 6.88. The molecule has 0 spiro atoms. The Balaban J connectivity index is 1.77. The zero-order chi connectivity index (χ0) is 18.1. The lowest BCUT2D eigenvalue weighted by Crippen LogP contribution is -2.40. The largest absolute Gasteiger partial charge is 0.507 e.